The van der Waals surface area contributed by atoms with Crippen molar-refractivity contribution in [3.63, 3.8) is 0 Å². The number of hydrogen-bond acceptors (Lipinski definition) is 10. The second-order valence-corrected chi connectivity index (χ2v) is 21.9. The number of amides is 2. The Kier molecular flexibility index (Phi) is 20.4. The smallest absolute Gasteiger partial charge is 0.444 e. The van der Waals surface area contributed by atoms with Crippen LogP contribution in [0.5, 0.6) is 0 Å². The van der Waals surface area contributed by atoms with Gasteiger partial charge in [-0.25, -0.2) is 52.8 Å². The number of nitrogens with zero attached hydrogens (tertiary/aromatic N) is 6. The van der Waals surface area contributed by atoms with E-state index in [2.05, 4.69) is 24.0 Å². The van der Waals surface area contributed by atoms with Crippen LogP contribution >= 0.6 is 11.6 Å². The van der Waals surface area contributed by atoms with E-state index in [9.17, 15) is 44.0 Å². The number of ether oxygens (including phenoxy) is 2. The third-order valence-electron chi connectivity index (χ3n) is 9.91. The average molecular weight is 949 g/mol. The Morgan fingerprint density at radius 1 is 0.758 bits per heavy atom. The maximum absolute atomic E-state index is 15.6. The monoisotopic (exact) mass is 948 g/mol. The molecule has 2 aromatic heterocycles. The number of carbonyl (C=O) groups excluding carboxylic acids is 2. The molecule has 0 aromatic carbocycles. The quantitative estimate of drug-likeness (QED) is 0.161. The van der Waals surface area contributed by atoms with Crippen LogP contribution in [0.25, 0.3) is 0 Å². The molecule has 24 heteroatoms. The average Bonchev–Trinajstić information content (AvgIpc) is 3.70. The van der Waals surface area contributed by atoms with Gasteiger partial charge in [0.2, 0.25) is 29.7 Å². The summed E-state index contributed by atoms with van der Waals surface area (Å²) in [6, 6.07) is 0. The SMILES string of the molecule is Cn1cc(S(=O)(=O)C(C)(F)C2CCN(C(=O)OC(C)(C)C)CC2)c(C(F)F)n1.Cn1nc(C(F)F)c(S(=O)(=O)C(C)(F)C2CCN(C(=O)OC(C)(C)C)CC2)c1Cl.[CH2-]CCC.[Li+]. The number of rotatable bonds is 9. The minimum atomic E-state index is -4.89. The molecule has 2 fully saturated rings. The molecular formula is C38H60ClF6LiN6O8S2. The molecule has 4 heterocycles. The third kappa shape index (κ3) is 13.9. The van der Waals surface area contributed by atoms with E-state index >= 15 is 8.78 Å². The summed E-state index contributed by atoms with van der Waals surface area (Å²) < 4.78 is 148. The van der Waals surface area contributed by atoms with E-state index in [4.69, 9.17) is 21.1 Å². The summed E-state index contributed by atoms with van der Waals surface area (Å²) in [4.78, 5) is 25.2. The number of hydrogen-bond donors (Lipinski definition) is 0. The number of aryl methyl sites for hydroxylation is 2. The molecule has 2 unspecified atom stereocenters. The van der Waals surface area contributed by atoms with Gasteiger partial charge >= 0.3 is 31.0 Å². The molecule has 14 nitrogen and oxygen atoms in total. The Hall–Kier alpha value is -2.67. The van der Waals surface area contributed by atoms with Crippen LogP contribution in [0.1, 0.15) is 125 Å². The van der Waals surface area contributed by atoms with E-state index in [1.54, 1.807) is 41.5 Å². The number of carbonyl (C=O) groups is 2. The van der Waals surface area contributed by atoms with E-state index in [1.165, 1.54) is 30.3 Å². The summed E-state index contributed by atoms with van der Waals surface area (Å²) in [6.45, 7) is 18.1. The normalized spacial score (nSPS) is 17.8. The van der Waals surface area contributed by atoms with Crippen molar-refractivity contribution in [2.45, 2.75) is 145 Å². The molecule has 0 bridgehead atoms. The zero-order valence-corrected chi connectivity index (χ0v) is 40.0. The Balaban J connectivity index is 0.000000562. The molecule has 2 atom stereocenters. The molecule has 0 N–H and O–H groups in total. The van der Waals surface area contributed by atoms with Crippen molar-refractivity contribution in [3.8, 4) is 0 Å². The van der Waals surface area contributed by atoms with Crippen LogP contribution in [-0.4, -0.2) is 106 Å². The van der Waals surface area contributed by atoms with Gasteiger partial charge in [0.15, 0.2) is 0 Å². The van der Waals surface area contributed by atoms with Gasteiger partial charge in [-0.15, -0.1) is 0 Å². The first-order chi connectivity index (χ1) is 27.7. The largest absolute Gasteiger partial charge is 1.00 e. The molecule has 4 rings (SSSR count). The second-order valence-electron chi connectivity index (χ2n) is 17.1. The van der Waals surface area contributed by atoms with Crippen LogP contribution in [0.3, 0.4) is 0 Å². The summed E-state index contributed by atoms with van der Waals surface area (Å²) >= 11 is 5.87. The van der Waals surface area contributed by atoms with Crippen LogP contribution in [0.4, 0.5) is 35.9 Å². The van der Waals surface area contributed by atoms with Crippen molar-refractivity contribution in [2.24, 2.45) is 25.9 Å². The second kappa shape index (κ2) is 22.0. The summed E-state index contributed by atoms with van der Waals surface area (Å²) in [6.07, 6.45) is -4.16. The van der Waals surface area contributed by atoms with Gasteiger partial charge in [0.05, 0.1) is 0 Å². The summed E-state index contributed by atoms with van der Waals surface area (Å²) in [5.41, 5.74) is -3.42. The predicted molar refractivity (Wildman–Crippen MR) is 216 cm³/mol. The first kappa shape index (κ1) is 57.3. The van der Waals surface area contributed by atoms with Crippen molar-refractivity contribution < 1.29 is 81.1 Å². The van der Waals surface area contributed by atoms with Gasteiger partial charge in [-0.2, -0.15) is 16.6 Å². The first-order valence-electron chi connectivity index (χ1n) is 19.6. The van der Waals surface area contributed by atoms with Gasteiger partial charge < -0.3 is 26.2 Å². The summed E-state index contributed by atoms with van der Waals surface area (Å²) in [7, 11) is -7.12. The van der Waals surface area contributed by atoms with Gasteiger partial charge in [0, 0.05) is 58.3 Å². The van der Waals surface area contributed by atoms with E-state index in [0.29, 0.717) is 0 Å². The number of likely N-dealkylation sites (tertiary alicyclic amines) is 2. The van der Waals surface area contributed by atoms with E-state index in [0.717, 1.165) is 35.8 Å². The number of alkyl halides is 6. The number of halogens is 7. The fourth-order valence-electron chi connectivity index (χ4n) is 6.40. The van der Waals surface area contributed by atoms with E-state index in [-0.39, 0.29) is 70.7 Å². The van der Waals surface area contributed by atoms with Gasteiger partial charge in [-0.05, 0) is 81.1 Å². The van der Waals surface area contributed by atoms with Crippen molar-refractivity contribution in [1.82, 2.24) is 29.4 Å². The number of piperidine rings is 2. The molecule has 0 aliphatic carbocycles. The first-order valence-corrected chi connectivity index (χ1v) is 23.0. The predicted octanol–water partition coefficient (Wildman–Crippen LogP) is 6.21. The number of unbranched alkanes of at least 4 members (excludes halogenated alkanes) is 1. The van der Waals surface area contributed by atoms with Crippen molar-refractivity contribution in [2.75, 3.05) is 26.2 Å². The zero-order chi connectivity index (χ0) is 47.3. The molecular weight excluding hydrogens is 889 g/mol. The van der Waals surface area contributed by atoms with Crippen LogP contribution < -0.4 is 18.9 Å². The van der Waals surface area contributed by atoms with Crippen molar-refractivity contribution >= 4 is 43.5 Å². The fourth-order valence-corrected chi connectivity index (χ4v) is 10.5. The minimum Gasteiger partial charge on any atom is -0.444 e. The van der Waals surface area contributed by atoms with Gasteiger partial charge in [0.1, 0.15) is 37.5 Å². The Bertz CT molecular complexity index is 2020. The van der Waals surface area contributed by atoms with Crippen LogP contribution in [0.2, 0.25) is 5.15 Å². The zero-order valence-electron chi connectivity index (χ0n) is 37.6. The third-order valence-corrected chi connectivity index (χ3v) is 15.1. The topological polar surface area (TPSA) is 163 Å². The van der Waals surface area contributed by atoms with E-state index < -0.39 is 104 Å². The minimum absolute atomic E-state index is 0. The standard InChI is InChI=1S/C17H25ClF3N3O4S.C17H26F3N3O4S.C4H9.Li/c1-16(2,3)28-15(25)24-8-6-10(7-9-24)17(4,21)29(26,27)12-11(14(19)20)22-23(5)13(12)18;1-16(2,3)27-15(24)23-8-6-11(7-9-23)17(4,20)28(25,26)12-10-22(5)21-13(12)14(18)19;1-3-4-2;/h10,14H,6-9H2,1-5H3;10-11,14H,6-9H2,1-5H3;1,3-4H2,2H3;/q;;-1;+1. The molecule has 2 aromatic rings. The Morgan fingerprint density at radius 2 is 1.11 bits per heavy atom. The molecule has 0 radical (unpaired) electrons. The van der Waals surface area contributed by atoms with Crippen LogP contribution in [-0.2, 0) is 43.2 Å². The maximum atomic E-state index is 15.6. The Labute approximate surface area is 378 Å². The summed E-state index contributed by atoms with van der Waals surface area (Å²) in [5, 5.41) is 0.656. The van der Waals surface area contributed by atoms with Crippen LogP contribution in [0, 0.1) is 18.8 Å². The molecule has 2 saturated heterocycles. The van der Waals surface area contributed by atoms with Crippen LogP contribution in [0.15, 0.2) is 16.0 Å². The molecule has 0 saturated carbocycles. The molecule has 62 heavy (non-hydrogen) atoms. The van der Waals surface area contributed by atoms with E-state index in [1.807, 2.05) is 0 Å². The van der Waals surface area contributed by atoms with Gasteiger partial charge in [0.25, 0.3) is 12.9 Å². The fraction of sp³-hybridized carbons (Fsp3) is 0.763. The molecule has 0 spiro atoms. The molecule has 2 amide bonds. The van der Waals surface area contributed by atoms with Crippen molar-refractivity contribution in [1.29, 1.82) is 0 Å². The van der Waals surface area contributed by atoms with Gasteiger partial charge in [-0.3, -0.25) is 9.36 Å². The number of aromatic nitrogens is 4. The molecule has 2 aliphatic rings. The number of sulfone groups is 2. The Morgan fingerprint density at radius 3 is 1.44 bits per heavy atom. The molecule has 352 valence electrons. The molecule has 2 aliphatic heterocycles. The summed E-state index contributed by atoms with van der Waals surface area (Å²) in [5.74, 6) is -1.98. The van der Waals surface area contributed by atoms with Crippen molar-refractivity contribution in [3.05, 3.63) is 29.7 Å². The maximum Gasteiger partial charge on any atom is 1.00 e. The van der Waals surface area contributed by atoms with Gasteiger partial charge in [-0.1, -0.05) is 24.9 Å².